The van der Waals surface area contributed by atoms with E-state index in [9.17, 15) is 4.79 Å². The molecule has 0 saturated carbocycles. The van der Waals surface area contributed by atoms with Gasteiger partial charge in [0.25, 0.3) is 0 Å². The number of carbonyl (C=O) groups excluding carboxylic acids is 1. The Morgan fingerprint density at radius 2 is 1.85 bits per heavy atom. The standard InChI is InChI=1S/C16H17ClN2O/c1-11-8-9-15(14(17)10-11)19-16(20)18-12(2)13-6-4-3-5-7-13/h3-10,12H,1-2H3,(H2,18,19,20)/t12-/m0/s1. The minimum Gasteiger partial charge on any atom is -0.331 e. The van der Waals surface area contributed by atoms with Crippen molar-refractivity contribution in [3.05, 3.63) is 64.7 Å². The summed E-state index contributed by atoms with van der Waals surface area (Å²) in [5.74, 6) is 0. The highest BCUT2D eigenvalue weighted by Gasteiger charge is 2.10. The average Bonchev–Trinajstić information content (AvgIpc) is 2.43. The first-order chi connectivity index (χ1) is 9.56. The predicted molar refractivity (Wildman–Crippen MR) is 83.2 cm³/mol. The number of urea groups is 1. The van der Waals surface area contributed by atoms with E-state index in [0.29, 0.717) is 10.7 Å². The molecule has 0 radical (unpaired) electrons. The summed E-state index contributed by atoms with van der Waals surface area (Å²) < 4.78 is 0. The van der Waals surface area contributed by atoms with E-state index in [0.717, 1.165) is 11.1 Å². The SMILES string of the molecule is Cc1ccc(NC(=O)N[C@@H](C)c2ccccc2)c(Cl)c1. The fraction of sp³-hybridized carbons (Fsp3) is 0.188. The second kappa shape index (κ2) is 6.44. The third kappa shape index (κ3) is 3.75. The number of aryl methyl sites for hydroxylation is 1. The van der Waals surface area contributed by atoms with Crippen molar-refractivity contribution in [1.29, 1.82) is 0 Å². The van der Waals surface area contributed by atoms with Crippen molar-refractivity contribution in [2.24, 2.45) is 0 Å². The number of hydrogen-bond acceptors (Lipinski definition) is 1. The summed E-state index contributed by atoms with van der Waals surface area (Å²) in [6, 6.07) is 15.0. The summed E-state index contributed by atoms with van der Waals surface area (Å²) in [6.07, 6.45) is 0. The van der Waals surface area contributed by atoms with Gasteiger partial charge in [-0.25, -0.2) is 4.79 Å². The molecule has 0 bridgehead atoms. The number of hydrogen-bond donors (Lipinski definition) is 2. The molecule has 0 unspecified atom stereocenters. The maximum atomic E-state index is 12.0. The van der Waals surface area contributed by atoms with Gasteiger partial charge in [0.15, 0.2) is 0 Å². The third-order valence-corrected chi connectivity index (χ3v) is 3.33. The molecule has 4 heteroatoms. The first-order valence-electron chi connectivity index (χ1n) is 6.45. The molecule has 0 aliphatic carbocycles. The first-order valence-corrected chi connectivity index (χ1v) is 6.82. The molecule has 2 aromatic rings. The maximum Gasteiger partial charge on any atom is 0.319 e. The van der Waals surface area contributed by atoms with Crippen molar-refractivity contribution in [3.8, 4) is 0 Å². The quantitative estimate of drug-likeness (QED) is 0.856. The summed E-state index contributed by atoms with van der Waals surface area (Å²) >= 11 is 6.08. The number of amides is 2. The minimum atomic E-state index is -0.271. The number of anilines is 1. The van der Waals surface area contributed by atoms with Gasteiger partial charge in [0.1, 0.15) is 0 Å². The second-order valence-corrected chi connectivity index (χ2v) is 5.12. The van der Waals surface area contributed by atoms with E-state index < -0.39 is 0 Å². The van der Waals surface area contributed by atoms with Gasteiger partial charge in [0.2, 0.25) is 0 Å². The molecule has 0 aliphatic rings. The number of nitrogens with one attached hydrogen (secondary N) is 2. The monoisotopic (exact) mass is 288 g/mol. The molecule has 3 nitrogen and oxygen atoms in total. The molecule has 2 rings (SSSR count). The van der Waals surface area contributed by atoms with Crippen molar-refractivity contribution >= 4 is 23.3 Å². The topological polar surface area (TPSA) is 41.1 Å². The van der Waals surface area contributed by atoms with E-state index in [1.165, 1.54) is 0 Å². The lowest BCUT2D eigenvalue weighted by Crippen LogP contribution is -2.31. The van der Waals surface area contributed by atoms with Crippen LogP contribution in [0.15, 0.2) is 48.5 Å². The van der Waals surface area contributed by atoms with Gasteiger partial charge in [-0.15, -0.1) is 0 Å². The predicted octanol–water partition coefficient (Wildman–Crippen LogP) is 4.53. The Morgan fingerprint density at radius 3 is 2.50 bits per heavy atom. The number of rotatable bonds is 3. The Labute approximate surface area is 124 Å². The summed E-state index contributed by atoms with van der Waals surface area (Å²) in [4.78, 5) is 12.0. The van der Waals surface area contributed by atoms with Crippen molar-refractivity contribution in [2.75, 3.05) is 5.32 Å². The molecule has 104 valence electrons. The highest BCUT2D eigenvalue weighted by Crippen LogP contribution is 2.22. The molecule has 2 amide bonds. The van der Waals surface area contributed by atoms with Gasteiger partial charge in [-0.3, -0.25) is 0 Å². The number of carbonyl (C=O) groups is 1. The fourth-order valence-corrected chi connectivity index (χ4v) is 2.18. The van der Waals surface area contributed by atoms with Crippen LogP contribution in [0.25, 0.3) is 0 Å². The fourth-order valence-electron chi connectivity index (χ4n) is 1.90. The van der Waals surface area contributed by atoms with Crippen LogP contribution in [-0.2, 0) is 0 Å². The molecule has 2 N–H and O–H groups in total. The zero-order valence-electron chi connectivity index (χ0n) is 11.5. The Kier molecular flexibility index (Phi) is 4.64. The van der Waals surface area contributed by atoms with Crippen LogP contribution in [0.2, 0.25) is 5.02 Å². The molecular formula is C16H17ClN2O. The van der Waals surface area contributed by atoms with Gasteiger partial charge in [-0.05, 0) is 37.1 Å². The van der Waals surface area contributed by atoms with Gasteiger partial charge in [0, 0.05) is 0 Å². The van der Waals surface area contributed by atoms with E-state index in [-0.39, 0.29) is 12.1 Å². The Morgan fingerprint density at radius 1 is 1.15 bits per heavy atom. The molecule has 20 heavy (non-hydrogen) atoms. The van der Waals surface area contributed by atoms with E-state index in [2.05, 4.69) is 10.6 Å². The zero-order chi connectivity index (χ0) is 14.5. The van der Waals surface area contributed by atoms with E-state index in [1.54, 1.807) is 6.07 Å². The van der Waals surface area contributed by atoms with Crippen LogP contribution in [-0.4, -0.2) is 6.03 Å². The van der Waals surface area contributed by atoms with Crippen molar-refractivity contribution in [1.82, 2.24) is 5.32 Å². The summed E-state index contributed by atoms with van der Waals surface area (Å²) in [5, 5.41) is 6.17. The largest absolute Gasteiger partial charge is 0.331 e. The molecule has 0 heterocycles. The summed E-state index contributed by atoms with van der Waals surface area (Å²) in [6.45, 7) is 3.89. The van der Waals surface area contributed by atoms with Crippen LogP contribution in [0, 0.1) is 6.92 Å². The van der Waals surface area contributed by atoms with Crippen LogP contribution in [0.5, 0.6) is 0 Å². The molecule has 1 atom stereocenters. The van der Waals surface area contributed by atoms with E-state index in [1.807, 2.05) is 56.3 Å². The molecule has 0 aromatic heterocycles. The van der Waals surface area contributed by atoms with Gasteiger partial charge < -0.3 is 10.6 Å². The lowest BCUT2D eigenvalue weighted by atomic mass is 10.1. The minimum absolute atomic E-state index is 0.0691. The van der Waals surface area contributed by atoms with Crippen LogP contribution in [0.3, 0.4) is 0 Å². The molecule has 2 aromatic carbocycles. The molecular weight excluding hydrogens is 272 g/mol. The molecule has 0 aliphatic heterocycles. The van der Waals surface area contributed by atoms with Crippen LogP contribution >= 0.6 is 11.6 Å². The molecule has 0 saturated heterocycles. The van der Waals surface area contributed by atoms with Crippen molar-refractivity contribution in [2.45, 2.75) is 19.9 Å². The lowest BCUT2D eigenvalue weighted by molar-refractivity contribution is 0.249. The number of halogens is 1. The number of benzene rings is 2. The van der Waals surface area contributed by atoms with Gasteiger partial charge in [-0.2, -0.15) is 0 Å². The Hall–Kier alpha value is -2.00. The maximum absolute atomic E-state index is 12.0. The van der Waals surface area contributed by atoms with Crippen molar-refractivity contribution < 1.29 is 4.79 Å². The highest BCUT2D eigenvalue weighted by atomic mass is 35.5. The van der Waals surface area contributed by atoms with E-state index >= 15 is 0 Å². The molecule has 0 spiro atoms. The third-order valence-electron chi connectivity index (χ3n) is 3.02. The van der Waals surface area contributed by atoms with Gasteiger partial charge in [0.05, 0.1) is 16.8 Å². The highest BCUT2D eigenvalue weighted by molar-refractivity contribution is 6.33. The normalized spacial score (nSPS) is 11.8. The van der Waals surface area contributed by atoms with Crippen LogP contribution in [0.1, 0.15) is 24.1 Å². The summed E-state index contributed by atoms with van der Waals surface area (Å²) in [7, 11) is 0. The van der Waals surface area contributed by atoms with Crippen LogP contribution < -0.4 is 10.6 Å². The van der Waals surface area contributed by atoms with E-state index in [4.69, 9.17) is 11.6 Å². The smallest absolute Gasteiger partial charge is 0.319 e. The van der Waals surface area contributed by atoms with Gasteiger partial charge in [-0.1, -0.05) is 48.0 Å². The molecule has 0 fully saturated rings. The second-order valence-electron chi connectivity index (χ2n) is 4.71. The van der Waals surface area contributed by atoms with Crippen LogP contribution in [0.4, 0.5) is 10.5 Å². The summed E-state index contributed by atoms with van der Waals surface area (Å²) in [5.41, 5.74) is 2.71. The average molecular weight is 289 g/mol. The van der Waals surface area contributed by atoms with Crippen molar-refractivity contribution in [3.63, 3.8) is 0 Å². The zero-order valence-corrected chi connectivity index (χ0v) is 12.2. The van der Waals surface area contributed by atoms with Gasteiger partial charge >= 0.3 is 6.03 Å². The lowest BCUT2D eigenvalue weighted by Gasteiger charge is -2.15. The Balaban J connectivity index is 1.99. The first kappa shape index (κ1) is 14.4. The Bertz CT molecular complexity index is 599.